The first-order valence-electron chi connectivity index (χ1n) is 9.80. The molecule has 3 aromatic rings. The third-order valence-electron chi connectivity index (χ3n) is 4.57. The smallest absolute Gasteiger partial charge is 0.265 e. The number of carbonyl (C=O) groups is 1. The average molecular weight is 493 g/mol. The first-order valence-corrected chi connectivity index (χ1v) is 12.0. The van der Waals surface area contributed by atoms with Crippen molar-refractivity contribution in [3.8, 4) is 5.75 Å². The number of ether oxygens (including phenoxy) is 1. The number of hydrogen-bond donors (Lipinski definition) is 2. The highest BCUT2D eigenvalue weighted by Gasteiger charge is 2.20. The molecule has 0 spiro atoms. The van der Waals surface area contributed by atoms with Crippen LogP contribution in [0, 0.1) is 6.92 Å². The Bertz CT molecular complexity index is 1200. The van der Waals surface area contributed by atoms with Crippen LogP contribution in [0.25, 0.3) is 0 Å². The van der Waals surface area contributed by atoms with Crippen molar-refractivity contribution in [3.05, 3.63) is 82.3 Å². The molecule has 3 aromatic carbocycles. The van der Waals surface area contributed by atoms with Gasteiger partial charge in [-0.25, -0.2) is 8.42 Å². The summed E-state index contributed by atoms with van der Waals surface area (Å²) in [6, 6.07) is 17.7. The third kappa shape index (κ3) is 6.16. The van der Waals surface area contributed by atoms with E-state index in [-0.39, 0.29) is 21.5 Å². The number of nitrogens with one attached hydrogen (secondary N) is 2. The maximum atomic E-state index is 12.6. The molecule has 0 saturated heterocycles. The van der Waals surface area contributed by atoms with Gasteiger partial charge in [-0.3, -0.25) is 9.52 Å². The molecular weight excluding hydrogens is 471 g/mol. The Kier molecular flexibility index (Phi) is 7.66. The molecule has 0 aliphatic heterocycles. The number of halogens is 2. The highest BCUT2D eigenvalue weighted by molar-refractivity contribution is 7.92. The maximum absolute atomic E-state index is 12.6. The van der Waals surface area contributed by atoms with Crippen LogP contribution in [-0.2, 0) is 14.8 Å². The molecular formula is C23H22Cl2N2O4S. The summed E-state index contributed by atoms with van der Waals surface area (Å²) in [4.78, 5) is 12.6. The van der Waals surface area contributed by atoms with Crippen molar-refractivity contribution in [1.82, 2.24) is 0 Å². The van der Waals surface area contributed by atoms with Gasteiger partial charge < -0.3 is 10.1 Å². The van der Waals surface area contributed by atoms with Crippen LogP contribution in [0.4, 0.5) is 11.4 Å². The summed E-state index contributed by atoms with van der Waals surface area (Å²) < 4.78 is 33.5. The first kappa shape index (κ1) is 23.9. The quantitative estimate of drug-likeness (QED) is 0.409. The highest BCUT2D eigenvalue weighted by atomic mass is 35.5. The fraction of sp³-hybridized carbons (Fsp3) is 0.174. The van der Waals surface area contributed by atoms with Crippen molar-refractivity contribution in [3.63, 3.8) is 0 Å². The molecule has 0 saturated carbocycles. The lowest BCUT2D eigenvalue weighted by Crippen LogP contribution is -2.32. The fourth-order valence-corrected chi connectivity index (χ4v) is 4.41. The molecule has 0 fully saturated rings. The number of hydrogen-bond acceptors (Lipinski definition) is 4. The van der Waals surface area contributed by atoms with E-state index < -0.39 is 16.1 Å². The topological polar surface area (TPSA) is 84.5 Å². The van der Waals surface area contributed by atoms with E-state index in [1.54, 1.807) is 0 Å². The minimum Gasteiger partial charge on any atom is -0.481 e. The summed E-state index contributed by atoms with van der Waals surface area (Å²) in [6.07, 6.45) is -0.215. The van der Waals surface area contributed by atoms with Crippen LogP contribution in [0.5, 0.6) is 5.75 Å². The SMILES string of the molecule is CC[C@@H](Oc1ccc(C)cc1)C(=O)Nc1ccc(S(=O)(=O)Nc2ccc(Cl)cc2Cl)cc1. The first-order chi connectivity index (χ1) is 15.2. The highest BCUT2D eigenvalue weighted by Crippen LogP contribution is 2.28. The molecule has 0 aromatic heterocycles. The van der Waals surface area contributed by atoms with Crippen LogP contribution in [0.15, 0.2) is 71.6 Å². The summed E-state index contributed by atoms with van der Waals surface area (Å²) in [5.41, 5.74) is 1.76. The predicted molar refractivity (Wildman–Crippen MR) is 128 cm³/mol. The summed E-state index contributed by atoms with van der Waals surface area (Å²) in [5, 5.41) is 3.34. The van der Waals surface area contributed by atoms with E-state index in [1.807, 2.05) is 38.1 Å². The average Bonchev–Trinajstić information content (AvgIpc) is 2.75. The molecule has 0 radical (unpaired) electrons. The van der Waals surface area contributed by atoms with Gasteiger partial charge in [0.15, 0.2) is 6.10 Å². The van der Waals surface area contributed by atoms with Crippen LogP contribution >= 0.6 is 23.2 Å². The van der Waals surface area contributed by atoms with E-state index in [9.17, 15) is 13.2 Å². The number of amides is 1. The predicted octanol–water partition coefficient (Wildman–Crippen LogP) is 5.90. The van der Waals surface area contributed by atoms with Crippen molar-refractivity contribution in [2.45, 2.75) is 31.3 Å². The van der Waals surface area contributed by atoms with Crippen molar-refractivity contribution < 1.29 is 17.9 Å². The van der Waals surface area contributed by atoms with Gasteiger partial charge in [-0.2, -0.15) is 0 Å². The van der Waals surface area contributed by atoms with Gasteiger partial charge in [0.05, 0.1) is 15.6 Å². The van der Waals surface area contributed by atoms with Gasteiger partial charge in [0.1, 0.15) is 5.75 Å². The van der Waals surface area contributed by atoms with Crippen LogP contribution in [0.2, 0.25) is 10.0 Å². The normalized spacial score (nSPS) is 12.1. The van der Waals surface area contributed by atoms with Crippen LogP contribution in [0.1, 0.15) is 18.9 Å². The minimum atomic E-state index is -3.87. The van der Waals surface area contributed by atoms with Crippen LogP contribution < -0.4 is 14.8 Å². The lowest BCUT2D eigenvalue weighted by atomic mass is 10.2. The van der Waals surface area contributed by atoms with E-state index in [0.29, 0.717) is 22.9 Å². The number of rotatable bonds is 8. The number of anilines is 2. The largest absolute Gasteiger partial charge is 0.481 e. The lowest BCUT2D eigenvalue weighted by Gasteiger charge is -2.17. The van der Waals surface area contributed by atoms with E-state index in [1.165, 1.54) is 42.5 Å². The number of benzene rings is 3. The minimum absolute atomic E-state index is 0.0180. The summed E-state index contributed by atoms with van der Waals surface area (Å²) >= 11 is 11.9. The van der Waals surface area contributed by atoms with Gasteiger partial charge in [-0.15, -0.1) is 0 Å². The second kappa shape index (κ2) is 10.3. The molecule has 1 atom stereocenters. The molecule has 6 nitrogen and oxygen atoms in total. The van der Waals surface area contributed by atoms with Crippen molar-refractivity contribution in [1.29, 1.82) is 0 Å². The zero-order valence-corrected chi connectivity index (χ0v) is 19.8. The van der Waals surface area contributed by atoms with E-state index in [0.717, 1.165) is 5.56 Å². The molecule has 32 heavy (non-hydrogen) atoms. The zero-order valence-electron chi connectivity index (χ0n) is 17.4. The zero-order chi connectivity index (χ0) is 23.3. The molecule has 0 heterocycles. The molecule has 9 heteroatoms. The summed E-state index contributed by atoms with van der Waals surface area (Å²) in [5.74, 6) is 0.278. The van der Waals surface area contributed by atoms with Crippen molar-refractivity contribution in [2.75, 3.05) is 10.0 Å². The molecule has 0 bridgehead atoms. The van der Waals surface area contributed by atoms with Crippen molar-refractivity contribution in [2.24, 2.45) is 0 Å². The molecule has 0 aliphatic carbocycles. The summed E-state index contributed by atoms with van der Waals surface area (Å²) in [6.45, 7) is 3.82. The Morgan fingerprint density at radius 2 is 1.66 bits per heavy atom. The Balaban J connectivity index is 1.67. The van der Waals surface area contributed by atoms with Crippen LogP contribution in [0.3, 0.4) is 0 Å². The van der Waals surface area contributed by atoms with E-state index >= 15 is 0 Å². The second-order valence-electron chi connectivity index (χ2n) is 7.07. The Morgan fingerprint density at radius 3 is 2.25 bits per heavy atom. The Hall–Kier alpha value is -2.74. The Labute approximate surface area is 197 Å². The van der Waals surface area contributed by atoms with E-state index in [2.05, 4.69) is 10.0 Å². The molecule has 0 aliphatic rings. The third-order valence-corrected chi connectivity index (χ3v) is 6.50. The van der Waals surface area contributed by atoms with Gasteiger partial charge in [0.25, 0.3) is 15.9 Å². The van der Waals surface area contributed by atoms with Gasteiger partial charge in [0, 0.05) is 10.7 Å². The Morgan fingerprint density at radius 1 is 1.00 bits per heavy atom. The van der Waals surface area contributed by atoms with E-state index in [4.69, 9.17) is 27.9 Å². The monoisotopic (exact) mass is 492 g/mol. The fourth-order valence-electron chi connectivity index (χ4n) is 2.82. The number of sulfonamides is 1. The van der Waals surface area contributed by atoms with Gasteiger partial charge in [0.2, 0.25) is 0 Å². The molecule has 168 valence electrons. The molecule has 2 N–H and O–H groups in total. The van der Waals surface area contributed by atoms with Crippen LogP contribution in [-0.4, -0.2) is 20.4 Å². The molecule has 3 rings (SSSR count). The maximum Gasteiger partial charge on any atom is 0.265 e. The van der Waals surface area contributed by atoms with Gasteiger partial charge in [-0.1, -0.05) is 47.8 Å². The second-order valence-corrected chi connectivity index (χ2v) is 9.60. The number of carbonyl (C=O) groups excluding carboxylic acids is 1. The standard InChI is InChI=1S/C23H22Cl2N2O4S/c1-3-22(31-18-9-4-15(2)5-10-18)23(28)26-17-7-11-19(12-8-17)32(29,30)27-21-13-6-16(24)14-20(21)25/h4-14,22,27H,3H2,1-2H3,(H,26,28)/t22-/m1/s1. The van der Waals surface area contributed by atoms with Gasteiger partial charge in [-0.05, 0) is 67.9 Å². The number of aryl methyl sites for hydroxylation is 1. The lowest BCUT2D eigenvalue weighted by molar-refractivity contribution is -0.122. The summed E-state index contributed by atoms with van der Waals surface area (Å²) in [7, 11) is -3.87. The van der Waals surface area contributed by atoms with Gasteiger partial charge >= 0.3 is 0 Å². The molecule has 0 unspecified atom stereocenters. The van der Waals surface area contributed by atoms with Crippen molar-refractivity contribution >= 4 is 50.5 Å². The molecule has 1 amide bonds.